The second-order valence-electron chi connectivity index (χ2n) is 2.69. The lowest BCUT2D eigenvalue weighted by Crippen LogP contribution is -2.01. The van der Waals surface area contributed by atoms with Crippen LogP contribution < -0.4 is 10.5 Å². The van der Waals surface area contributed by atoms with Crippen molar-refractivity contribution in [1.29, 1.82) is 0 Å². The van der Waals surface area contributed by atoms with Crippen LogP contribution in [0.4, 0.5) is 5.82 Å². The number of nitrogens with two attached hydrogens (primary N) is 1. The van der Waals surface area contributed by atoms with Crippen molar-refractivity contribution < 1.29 is 4.74 Å². The maximum atomic E-state index is 5.44. The van der Waals surface area contributed by atoms with Gasteiger partial charge in [0.25, 0.3) is 0 Å². The number of aromatic nitrogens is 4. The minimum atomic E-state index is 0.409. The first-order chi connectivity index (χ1) is 6.79. The van der Waals surface area contributed by atoms with Crippen LogP contribution in [0.15, 0.2) is 11.6 Å². The van der Waals surface area contributed by atoms with Crippen LogP contribution in [0.5, 0.6) is 5.88 Å². The fourth-order valence-electron chi connectivity index (χ4n) is 1.09. The third kappa shape index (κ3) is 1.67. The number of methoxy groups -OCH3 is 1. The topological polar surface area (TPSA) is 78.9 Å². The van der Waals surface area contributed by atoms with E-state index in [0.717, 1.165) is 5.56 Å². The van der Waals surface area contributed by atoms with E-state index in [1.54, 1.807) is 18.0 Å². The highest BCUT2D eigenvalue weighted by Gasteiger charge is 2.07. The van der Waals surface area contributed by atoms with Crippen LogP contribution in [-0.4, -0.2) is 26.5 Å². The van der Waals surface area contributed by atoms with E-state index in [9.17, 15) is 0 Å². The highest BCUT2D eigenvalue weighted by Crippen LogP contribution is 2.19. The molecule has 7 heteroatoms. The van der Waals surface area contributed by atoms with Crippen molar-refractivity contribution in [3.63, 3.8) is 0 Å². The summed E-state index contributed by atoms with van der Waals surface area (Å²) in [6.45, 7) is 0.573. The first kappa shape index (κ1) is 8.95. The molecule has 0 saturated heterocycles. The van der Waals surface area contributed by atoms with Gasteiger partial charge in [0, 0.05) is 10.9 Å². The molecule has 6 nitrogen and oxygen atoms in total. The van der Waals surface area contributed by atoms with E-state index in [2.05, 4.69) is 14.7 Å². The van der Waals surface area contributed by atoms with Gasteiger partial charge in [-0.1, -0.05) is 5.21 Å². The molecule has 0 spiro atoms. The summed E-state index contributed by atoms with van der Waals surface area (Å²) in [6, 6.07) is 0. The molecule has 0 aliphatic heterocycles. The Morgan fingerprint density at radius 2 is 2.50 bits per heavy atom. The van der Waals surface area contributed by atoms with Crippen LogP contribution in [0.3, 0.4) is 0 Å². The standard InChI is InChI=1S/C7H9N5OS/c1-13-7-5(4-14-10-7)2-12-3-6(8)9-11-12/h3-4H,2,8H2,1H3. The van der Waals surface area contributed by atoms with Crippen molar-refractivity contribution in [2.75, 3.05) is 12.8 Å². The average molecular weight is 211 g/mol. The molecule has 0 aliphatic rings. The molecule has 0 unspecified atom stereocenters. The second kappa shape index (κ2) is 3.62. The number of ether oxygens (including phenoxy) is 1. The van der Waals surface area contributed by atoms with Crippen molar-refractivity contribution >= 4 is 17.4 Å². The highest BCUT2D eigenvalue weighted by atomic mass is 32.1. The molecular formula is C7H9N5OS. The summed E-state index contributed by atoms with van der Waals surface area (Å²) in [4.78, 5) is 0. The van der Waals surface area contributed by atoms with Gasteiger partial charge in [-0.25, -0.2) is 4.68 Å². The smallest absolute Gasteiger partial charge is 0.230 e. The van der Waals surface area contributed by atoms with Crippen LogP contribution in [0.2, 0.25) is 0 Å². The number of nitrogens with zero attached hydrogens (tertiary/aromatic N) is 4. The number of rotatable bonds is 3. The van der Waals surface area contributed by atoms with Crippen molar-refractivity contribution in [2.45, 2.75) is 6.54 Å². The Morgan fingerprint density at radius 1 is 1.64 bits per heavy atom. The minimum Gasteiger partial charge on any atom is -0.480 e. The van der Waals surface area contributed by atoms with E-state index in [4.69, 9.17) is 10.5 Å². The van der Waals surface area contributed by atoms with Gasteiger partial charge in [0.15, 0.2) is 5.82 Å². The molecule has 0 atom stereocenters. The van der Waals surface area contributed by atoms with Gasteiger partial charge in [0.05, 0.1) is 19.9 Å². The van der Waals surface area contributed by atoms with E-state index < -0.39 is 0 Å². The summed E-state index contributed by atoms with van der Waals surface area (Å²) < 4.78 is 10.8. The monoisotopic (exact) mass is 211 g/mol. The summed E-state index contributed by atoms with van der Waals surface area (Å²) >= 11 is 1.35. The first-order valence-corrected chi connectivity index (χ1v) is 4.76. The summed E-state index contributed by atoms with van der Waals surface area (Å²) in [5.41, 5.74) is 6.41. The molecule has 2 aromatic heterocycles. The lowest BCUT2D eigenvalue weighted by molar-refractivity contribution is 0.395. The fraction of sp³-hybridized carbons (Fsp3) is 0.286. The van der Waals surface area contributed by atoms with E-state index in [1.165, 1.54) is 11.5 Å². The molecule has 2 aromatic rings. The molecule has 0 radical (unpaired) electrons. The Bertz CT molecular complexity index is 423. The summed E-state index contributed by atoms with van der Waals surface area (Å²) in [5, 5.41) is 9.43. The SMILES string of the molecule is COc1nscc1Cn1cc(N)nn1. The Kier molecular flexibility index (Phi) is 2.32. The average Bonchev–Trinajstić information content (AvgIpc) is 2.76. The molecule has 0 saturated carbocycles. The van der Waals surface area contributed by atoms with Crippen LogP contribution in [0.1, 0.15) is 5.56 Å². The predicted molar refractivity (Wildman–Crippen MR) is 52.2 cm³/mol. The van der Waals surface area contributed by atoms with Crippen LogP contribution in [0.25, 0.3) is 0 Å². The van der Waals surface area contributed by atoms with Gasteiger partial charge in [0.2, 0.25) is 5.88 Å². The van der Waals surface area contributed by atoms with Crippen molar-refractivity contribution in [1.82, 2.24) is 19.4 Å². The Balaban J connectivity index is 2.18. The molecule has 0 bridgehead atoms. The van der Waals surface area contributed by atoms with Crippen molar-refractivity contribution in [2.24, 2.45) is 0 Å². The fourth-order valence-corrected chi connectivity index (χ4v) is 1.73. The van der Waals surface area contributed by atoms with E-state index in [-0.39, 0.29) is 0 Å². The third-order valence-corrected chi connectivity index (χ3v) is 2.35. The van der Waals surface area contributed by atoms with Gasteiger partial charge < -0.3 is 10.5 Å². The molecule has 2 N–H and O–H groups in total. The van der Waals surface area contributed by atoms with E-state index in [0.29, 0.717) is 18.2 Å². The minimum absolute atomic E-state index is 0.409. The lowest BCUT2D eigenvalue weighted by atomic mass is 10.3. The first-order valence-electron chi connectivity index (χ1n) is 3.92. The molecule has 0 fully saturated rings. The maximum absolute atomic E-state index is 5.44. The molecule has 0 aromatic carbocycles. The van der Waals surface area contributed by atoms with Gasteiger partial charge in [-0.15, -0.1) is 5.10 Å². The number of hydrogen-bond acceptors (Lipinski definition) is 6. The Hall–Kier alpha value is -1.63. The van der Waals surface area contributed by atoms with Crippen molar-refractivity contribution in [3.8, 4) is 5.88 Å². The zero-order chi connectivity index (χ0) is 9.97. The zero-order valence-electron chi connectivity index (χ0n) is 7.54. The second-order valence-corrected chi connectivity index (χ2v) is 3.32. The van der Waals surface area contributed by atoms with Gasteiger partial charge in [-0.2, -0.15) is 4.37 Å². The zero-order valence-corrected chi connectivity index (χ0v) is 8.36. The van der Waals surface area contributed by atoms with Gasteiger partial charge in [-0.3, -0.25) is 0 Å². The van der Waals surface area contributed by atoms with Gasteiger partial charge >= 0.3 is 0 Å². The Labute approximate surface area is 84.5 Å². The van der Waals surface area contributed by atoms with Crippen LogP contribution in [0, 0.1) is 0 Å². The molecule has 74 valence electrons. The largest absolute Gasteiger partial charge is 0.480 e. The summed E-state index contributed by atoms with van der Waals surface area (Å²) in [6.07, 6.45) is 1.66. The summed E-state index contributed by atoms with van der Waals surface area (Å²) in [7, 11) is 1.59. The molecular weight excluding hydrogens is 202 g/mol. The normalized spacial score (nSPS) is 10.4. The molecule has 0 aliphatic carbocycles. The number of anilines is 1. The highest BCUT2D eigenvalue weighted by molar-refractivity contribution is 7.03. The molecule has 2 rings (SSSR count). The Morgan fingerprint density at radius 3 is 3.14 bits per heavy atom. The number of hydrogen-bond donors (Lipinski definition) is 1. The maximum Gasteiger partial charge on any atom is 0.230 e. The third-order valence-electron chi connectivity index (χ3n) is 1.69. The predicted octanol–water partition coefficient (Wildman–Crippen LogP) is 0.374. The van der Waals surface area contributed by atoms with Gasteiger partial charge in [0.1, 0.15) is 0 Å². The molecule has 2 heterocycles. The lowest BCUT2D eigenvalue weighted by Gasteiger charge is -1.99. The van der Waals surface area contributed by atoms with Crippen molar-refractivity contribution in [3.05, 3.63) is 17.1 Å². The molecule has 0 amide bonds. The van der Waals surface area contributed by atoms with E-state index in [1.807, 2.05) is 5.38 Å². The van der Waals surface area contributed by atoms with Crippen LogP contribution in [-0.2, 0) is 6.54 Å². The number of nitrogen functional groups attached to an aromatic ring is 1. The van der Waals surface area contributed by atoms with Gasteiger partial charge in [-0.05, 0) is 11.5 Å². The van der Waals surface area contributed by atoms with E-state index >= 15 is 0 Å². The quantitative estimate of drug-likeness (QED) is 0.793. The van der Waals surface area contributed by atoms with Crippen LogP contribution >= 0.6 is 11.5 Å². The summed E-state index contributed by atoms with van der Waals surface area (Å²) in [5.74, 6) is 1.04. The molecule has 14 heavy (non-hydrogen) atoms.